The summed E-state index contributed by atoms with van der Waals surface area (Å²) in [4.78, 5) is 4.51. The van der Waals surface area contributed by atoms with E-state index in [1.54, 1.807) is 0 Å². The first-order chi connectivity index (χ1) is 9.83. The van der Waals surface area contributed by atoms with Gasteiger partial charge in [-0.2, -0.15) is 0 Å². The van der Waals surface area contributed by atoms with Crippen LogP contribution >= 0.6 is 11.6 Å². The van der Waals surface area contributed by atoms with E-state index < -0.39 is 0 Å². The summed E-state index contributed by atoms with van der Waals surface area (Å²) in [6.07, 6.45) is 0. The smallest absolute Gasteiger partial charge is 0.219 e. The van der Waals surface area contributed by atoms with Crippen molar-refractivity contribution in [1.82, 2.24) is 10.3 Å². The lowest BCUT2D eigenvalue weighted by atomic mass is 10.1. The van der Waals surface area contributed by atoms with Gasteiger partial charge < -0.3 is 10.1 Å². The van der Waals surface area contributed by atoms with Crippen LogP contribution in [0.3, 0.4) is 0 Å². The van der Waals surface area contributed by atoms with E-state index in [9.17, 15) is 0 Å². The van der Waals surface area contributed by atoms with Crippen molar-refractivity contribution in [3.63, 3.8) is 0 Å². The third-order valence-corrected chi connectivity index (χ3v) is 3.36. The molecule has 4 heteroatoms. The maximum atomic E-state index is 6.01. The molecule has 0 spiro atoms. The van der Waals surface area contributed by atoms with Gasteiger partial charge in [-0.15, -0.1) is 0 Å². The lowest BCUT2D eigenvalue weighted by Gasteiger charge is -2.20. The molecule has 2 aromatic rings. The monoisotopic (exact) mass is 304 g/mol. The van der Waals surface area contributed by atoms with Gasteiger partial charge in [0.15, 0.2) is 0 Å². The number of pyridine rings is 1. The molecule has 1 aromatic carbocycles. The van der Waals surface area contributed by atoms with Crippen molar-refractivity contribution in [3.8, 4) is 11.6 Å². The van der Waals surface area contributed by atoms with E-state index >= 15 is 0 Å². The highest BCUT2D eigenvalue weighted by molar-refractivity contribution is 6.31. The molecule has 0 aliphatic heterocycles. The Morgan fingerprint density at radius 2 is 1.95 bits per heavy atom. The molecule has 1 aromatic heterocycles. The van der Waals surface area contributed by atoms with Crippen molar-refractivity contribution in [2.24, 2.45) is 0 Å². The minimum atomic E-state index is 0.0613. The van der Waals surface area contributed by atoms with E-state index in [-0.39, 0.29) is 5.54 Å². The molecule has 0 saturated heterocycles. The first kappa shape index (κ1) is 15.8. The first-order valence-corrected chi connectivity index (χ1v) is 7.36. The Morgan fingerprint density at radius 1 is 1.19 bits per heavy atom. The second-order valence-corrected chi connectivity index (χ2v) is 6.49. The summed E-state index contributed by atoms with van der Waals surface area (Å²) in [5.74, 6) is 1.33. The Morgan fingerprint density at radius 3 is 2.62 bits per heavy atom. The fourth-order valence-electron chi connectivity index (χ4n) is 1.77. The Hall–Kier alpha value is -1.58. The van der Waals surface area contributed by atoms with E-state index in [1.807, 2.05) is 43.3 Å². The van der Waals surface area contributed by atoms with Crippen molar-refractivity contribution < 1.29 is 4.74 Å². The highest BCUT2D eigenvalue weighted by Crippen LogP contribution is 2.25. The summed E-state index contributed by atoms with van der Waals surface area (Å²) in [5.41, 5.74) is 2.00. The Labute approximate surface area is 131 Å². The second kappa shape index (κ2) is 6.46. The largest absolute Gasteiger partial charge is 0.439 e. The van der Waals surface area contributed by atoms with E-state index in [1.165, 1.54) is 0 Å². The molecule has 0 amide bonds. The van der Waals surface area contributed by atoms with Crippen LogP contribution in [-0.2, 0) is 6.54 Å². The molecule has 21 heavy (non-hydrogen) atoms. The molecule has 1 heterocycles. The minimum absolute atomic E-state index is 0.0613. The van der Waals surface area contributed by atoms with Crippen LogP contribution in [0.25, 0.3) is 0 Å². The van der Waals surface area contributed by atoms with Gasteiger partial charge in [-0.3, -0.25) is 0 Å². The lowest BCUT2D eigenvalue weighted by molar-refractivity contribution is 0.416. The average molecular weight is 305 g/mol. The zero-order valence-corrected chi connectivity index (χ0v) is 13.7. The van der Waals surface area contributed by atoms with E-state index in [0.29, 0.717) is 12.4 Å². The van der Waals surface area contributed by atoms with Crippen molar-refractivity contribution >= 4 is 11.6 Å². The maximum Gasteiger partial charge on any atom is 0.219 e. The van der Waals surface area contributed by atoms with Gasteiger partial charge in [-0.1, -0.05) is 17.7 Å². The number of ether oxygens (including phenoxy) is 1. The number of aryl methyl sites for hydroxylation is 1. The van der Waals surface area contributed by atoms with Gasteiger partial charge in [0.1, 0.15) is 5.75 Å². The normalized spacial score (nSPS) is 11.5. The van der Waals surface area contributed by atoms with Crippen molar-refractivity contribution in [1.29, 1.82) is 0 Å². The molecule has 3 nitrogen and oxygen atoms in total. The summed E-state index contributed by atoms with van der Waals surface area (Å²) in [5, 5.41) is 4.14. The first-order valence-electron chi connectivity index (χ1n) is 6.98. The lowest BCUT2D eigenvalue weighted by Crippen LogP contribution is -2.35. The number of nitrogens with zero attached hydrogens (tertiary/aromatic N) is 1. The number of benzene rings is 1. The number of rotatable bonds is 4. The van der Waals surface area contributed by atoms with Gasteiger partial charge in [-0.25, -0.2) is 4.98 Å². The fourth-order valence-corrected chi connectivity index (χ4v) is 1.89. The van der Waals surface area contributed by atoms with Gasteiger partial charge in [-0.05, 0) is 57.5 Å². The quantitative estimate of drug-likeness (QED) is 0.887. The molecule has 112 valence electrons. The summed E-state index contributed by atoms with van der Waals surface area (Å²) >= 11 is 6.01. The van der Waals surface area contributed by atoms with Gasteiger partial charge in [0, 0.05) is 23.2 Å². The summed E-state index contributed by atoms with van der Waals surface area (Å²) in [6.45, 7) is 9.05. The standard InChI is InChI=1S/C17H21ClN2O/c1-12-10-14(8-9-15(12)18)21-16-7-5-6-13(20-16)11-19-17(2,3)4/h5-10,19H,11H2,1-4H3. The Bertz CT molecular complexity index is 620. The van der Waals surface area contributed by atoms with Crippen molar-refractivity contribution in [3.05, 3.63) is 52.7 Å². The SMILES string of the molecule is Cc1cc(Oc2cccc(CNC(C)(C)C)n2)ccc1Cl. The van der Waals surface area contributed by atoms with Crippen molar-refractivity contribution in [2.45, 2.75) is 39.8 Å². The molecular weight excluding hydrogens is 284 g/mol. The van der Waals surface area contributed by atoms with Gasteiger partial charge in [0.2, 0.25) is 5.88 Å². The topological polar surface area (TPSA) is 34.1 Å². The molecule has 0 atom stereocenters. The number of halogens is 1. The van der Waals surface area contributed by atoms with E-state index in [0.717, 1.165) is 22.0 Å². The summed E-state index contributed by atoms with van der Waals surface area (Å²) in [6, 6.07) is 11.4. The Kier molecular flexibility index (Phi) is 4.86. The number of nitrogens with one attached hydrogen (secondary N) is 1. The molecule has 0 bridgehead atoms. The maximum absolute atomic E-state index is 6.01. The van der Waals surface area contributed by atoms with Gasteiger partial charge in [0.25, 0.3) is 0 Å². The highest BCUT2D eigenvalue weighted by atomic mass is 35.5. The Balaban J connectivity index is 2.08. The van der Waals surface area contributed by atoms with Gasteiger partial charge in [0.05, 0.1) is 5.69 Å². The number of hydrogen-bond donors (Lipinski definition) is 1. The molecule has 1 N–H and O–H groups in total. The summed E-state index contributed by atoms with van der Waals surface area (Å²) < 4.78 is 5.79. The molecule has 0 saturated carbocycles. The van der Waals surface area contributed by atoms with Crippen LogP contribution in [0.2, 0.25) is 5.02 Å². The molecule has 2 rings (SSSR count). The number of aromatic nitrogens is 1. The molecule has 0 aliphatic rings. The predicted octanol–water partition coefficient (Wildman–Crippen LogP) is 4.72. The highest BCUT2D eigenvalue weighted by Gasteiger charge is 2.09. The van der Waals surface area contributed by atoms with Crippen LogP contribution in [0.1, 0.15) is 32.0 Å². The van der Waals surface area contributed by atoms with Crippen LogP contribution in [0.4, 0.5) is 0 Å². The van der Waals surface area contributed by atoms with E-state index in [4.69, 9.17) is 16.3 Å². The van der Waals surface area contributed by atoms with Gasteiger partial charge >= 0.3 is 0 Å². The van der Waals surface area contributed by atoms with Crippen LogP contribution in [0.15, 0.2) is 36.4 Å². The van der Waals surface area contributed by atoms with Crippen LogP contribution in [0, 0.1) is 6.92 Å². The number of hydrogen-bond acceptors (Lipinski definition) is 3. The van der Waals surface area contributed by atoms with Crippen LogP contribution in [-0.4, -0.2) is 10.5 Å². The van der Waals surface area contributed by atoms with Crippen LogP contribution < -0.4 is 10.1 Å². The third kappa shape index (κ3) is 5.03. The average Bonchev–Trinajstić information content (AvgIpc) is 2.40. The summed E-state index contributed by atoms with van der Waals surface area (Å²) in [7, 11) is 0. The molecule has 0 unspecified atom stereocenters. The predicted molar refractivity (Wildman–Crippen MR) is 87.1 cm³/mol. The third-order valence-electron chi connectivity index (χ3n) is 2.93. The van der Waals surface area contributed by atoms with Crippen LogP contribution in [0.5, 0.6) is 11.6 Å². The molecular formula is C17H21ClN2O. The second-order valence-electron chi connectivity index (χ2n) is 6.08. The van der Waals surface area contributed by atoms with E-state index in [2.05, 4.69) is 31.1 Å². The zero-order valence-electron chi connectivity index (χ0n) is 12.9. The molecule has 0 aliphatic carbocycles. The minimum Gasteiger partial charge on any atom is -0.439 e. The molecule has 0 radical (unpaired) electrons. The fraction of sp³-hybridized carbons (Fsp3) is 0.353. The molecule has 0 fully saturated rings. The van der Waals surface area contributed by atoms with Crippen molar-refractivity contribution in [2.75, 3.05) is 0 Å². The zero-order chi connectivity index (χ0) is 15.5.